The molecular formula is C22H43Cl2N3O2. The Labute approximate surface area is 190 Å². The first-order chi connectivity index (χ1) is 12.9. The molecule has 2 aliphatic heterocycles. The summed E-state index contributed by atoms with van der Waals surface area (Å²) in [5.74, 6) is 1.43. The van der Waals surface area contributed by atoms with Crippen LogP contribution in [0.4, 0.5) is 0 Å². The molecule has 0 bridgehead atoms. The molecule has 2 heterocycles. The molecule has 3 fully saturated rings. The molecule has 0 spiro atoms. The van der Waals surface area contributed by atoms with Crippen molar-refractivity contribution in [2.45, 2.75) is 83.3 Å². The molecule has 1 amide bonds. The topological polar surface area (TPSA) is 53.6 Å². The molecule has 0 aromatic carbocycles. The van der Waals surface area contributed by atoms with Gasteiger partial charge in [0, 0.05) is 31.6 Å². The molecule has 1 saturated carbocycles. The number of carbonyl (C=O) groups is 1. The summed E-state index contributed by atoms with van der Waals surface area (Å²) in [6.45, 7) is 12.4. The SMILES string of the molecule is CC(CC(=O)NCC1(N2CCOC(C)(C)C2)CCCCC1)C1CCNCC1.Cl.Cl. The van der Waals surface area contributed by atoms with Crippen LogP contribution in [0.5, 0.6) is 0 Å². The van der Waals surface area contributed by atoms with E-state index in [2.05, 4.69) is 36.3 Å². The van der Waals surface area contributed by atoms with Crippen LogP contribution in [0.1, 0.15) is 72.1 Å². The Balaban J connectivity index is 0.00000210. The van der Waals surface area contributed by atoms with Crippen LogP contribution in [0.3, 0.4) is 0 Å². The number of carbonyl (C=O) groups excluding carboxylic acids is 1. The van der Waals surface area contributed by atoms with Crippen LogP contribution in [0.25, 0.3) is 0 Å². The van der Waals surface area contributed by atoms with Gasteiger partial charge in [0.25, 0.3) is 0 Å². The number of rotatable bonds is 6. The average Bonchev–Trinajstić information content (AvgIpc) is 2.67. The van der Waals surface area contributed by atoms with Gasteiger partial charge in [0.15, 0.2) is 0 Å². The van der Waals surface area contributed by atoms with Crippen LogP contribution in [-0.2, 0) is 9.53 Å². The molecule has 1 atom stereocenters. The van der Waals surface area contributed by atoms with E-state index in [1.807, 2.05) is 0 Å². The van der Waals surface area contributed by atoms with Crippen molar-refractivity contribution in [2.24, 2.45) is 11.8 Å². The number of amides is 1. The number of hydrogen-bond donors (Lipinski definition) is 2. The molecule has 0 radical (unpaired) electrons. The molecule has 0 aromatic rings. The molecule has 7 heteroatoms. The van der Waals surface area contributed by atoms with Crippen molar-refractivity contribution in [3.8, 4) is 0 Å². The highest BCUT2D eigenvalue weighted by Gasteiger charge is 2.42. The molecule has 5 nitrogen and oxygen atoms in total. The second-order valence-corrected chi connectivity index (χ2v) is 9.86. The summed E-state index contributed by atoms with van der Waals surface area (Å²) in [7, 11) is 0. The molecule has 1 aliphatic carbocycles. The van der Waals surface area contributed by atoms with Crippen molar-refractivity contribution in [3.63, 3.8) is 0 Å². The number of nitrogens with zero attached hydrogens (tertiary/aromatic N) is 1. The third-order valence-electron chi connectivity index (χ3n) is 7.19. The molecular weight excluding hydrogens is 409 g/mol. The minimum atomic E-state index is -0.0871. The van der Waals surface area contributed by atoms with E-state index in [9.17, 15) is 4.79 Å². The van der Waals surface area contributed by atoms with Gasteiger partial charge in [-0.2, -0.15) is 0 Å². The Kier molecular flexibility index (Phi) is 11.2. The molecule has 2 N–H and O–H groups in total. The summed E-state index contributed by atoms with van der Waals surface area (Å²) in [5, 5.41) is 6.77. The summed E-state index contributed by atoms with van der Waals surface area (Å²) in [6, 6.07) is 0. The zero-order valence-corrected chi connectivity index (χ0v) is 20.3. The number of piperidine rings is 1. The fraction of sp³-hybridized carbons (Fsp3) is 0.955. The third-order valence-corrected chi connectivity index (χ3v) is 7.19. The zero-order chi connectivity index (χ0) is 19.3. The normalized spacial score (nSPS) is 25.9. The van der Waals surface area contributed by atoms with Crippen molar-refractivity contribution in [2.75, 3.05) is 39.3 Å². The van der Waals surface area contributed by atoms with Crippen molar-refractivity contribution in [1.29, 1.82) is 0 Å². The number of hydrogen-bond acceptors (Lipinski definition) is 4. The summed E-state index contributed by atoms with van der Waals surface area (Å²) >= 11 is 0. The van der Waals surface area contributed by atoms with Gasteiger partial charge in [0.1, 0.15) is 0 Å². The smallest absolute Gasteiger partial charge is 0.220 e. The van der Waals surface area contributed by atoms with Crippen LogP contribution < -0.4 is 10.6 Å². The predicted octanol–water partition coefficient (Wildman–Crippen LogP) is 3.79. The van der Waals surface area contributed by atoms with Gasteiger partial charge in [-0.25, -0.2) is 0 Å². The van der Waals surface area contributed by atoms with E-state index in [0.29, 0.717) is 18.3 Å². The number of nitrogens with one attached hydrogen (secondary N) is 2. The Morgan fingerprint density at radius 3 is 2.45 bits per heavy atom. The van der Waals surface area contributed by atoms with E-state index in [1.54, 1.807) is 0 Å². The molecule has 3 rings (SSSR count). The number of ether oxygens (including phenoxy) is 1. The van der Waals surface area contributed by atoms with Gasteiger partial charge >= 0.3 is 0 Å². The average molecular weight is 453 g/mol. The highest BCUT2D eigenvalue weighted by Crippen LogP contribution is 2.36. The van der Waals surface area contributed by atoms with Crippen molar-refractivity contribution >= 4 is 30.7 Å². The van der Waals surface area contributed by atoms with Crippen LogP contribution in [0.15, 0.2) is 0 Å². The second kappa shape index (κ2) is 12.1. The molecule has 29 heavy (non-hydrogen) atoms. The van der Waals surface area contributed by atoms with Gasteiger partial charge < -0.3 is 15.4 Å². The van der Waals surface area contributed by atoms with Crippen molar-refractivity contribution < 1.29 is 9.53 Å². The maximum atomic E-state index is 12.7. The minimum absolute atomic E-state index is 0. The van der Waals surface area contributed by atoms with Gasteiger partial charge in [0.05, 0.1) is 12.2 Å². The summed E-state index contributed by atoms with van der Waals surface area (Å²) in [5.41, 5.74) is 0.0448. The summed E-state index contributed by atoms with van der Waals surface area (Å²) < 4.78 is 5.94. The van der Waals surface area contributed by atoms with Crippen molar-refractivity contribution in [1.82, 2.24) is 15.5 Å². The lowest BCUT2D eigenvalue weighted by molar-refractivity contribution is -0.130. The molecule has 2 saturated heterocycles. The van der Waals surface area contributed by atoms with Gasteiger partial charge in [-0.1, -0.05) is 26.2 Å². The maximum Gasteiger partial charge on any atom is 0.220 e. The lowest BCUT2D eigenvalue weighted by Crippen LogP contribution is -2.63. The van der Waals surface area contributed by atoms with E-state index >= 15 is 0 Å². The second-order valence-electron chi connectivity index (χ2n) is 9.86. The van der Waals surface area contributed by atoms with E-state index in [1.165, 1.54) is 44.9 Å². The van der Waals surface area contributed by atoms with Gasteiger partial charge in [-0.3, -0.25) is 9.69 Å². The highest BCUT2D eigenvalue weighted by molar-refractivity contribution is 5.85. The quantitative estimate of drug-likeness (QED) is 0.644. The van der Waals surface area contributed by atoms with E-state index in [-0.39, 0.29) is 41.9 Å². The van der Waals surface area contributed by atoms with E-state index in [4.69, 9.17) is 4.74 Å². The van der Waals surface area contributed by atoms with Crippen LogP contribution in [0.2, 0.25) is 0 Å². The molecule has 172 valence electrons. The first kappa shape index (κ1) is 27.0. The number of halogens is 2. The van der Waals surface area contributed by atoms with Crippen LogP contribution >= 0.6 is 24.8 Å². The lowest BCUT2D eigenvalue weighted by atomic mass is 9.79. The molecule has 1 unspecified atom stereocenters. The van der Waals surface area contributed by atoms with Gasteiger partial charge in [-0.15, -0.1) is 24.8 Å². The monoisotopic (exact) mass is 451 g/mol. The highest BCUT2D eigenvalue weighted by atomic mass is 35.5. The third kappa shape index (κ3) is 7.53. The van der Waals surface area contributed by atoms with E-state index in [0.717, 1.165) is 39.3 Å². The fourth-order valence-corrected chi connectivity index (χ4v) is 5.44. The predicted molar refractivity (Wildman–Crippen MR) is 124 cm³/mol. The summed E-state index contributed by atoms with van der Waals surface area (Å²) in [4.78, 5) is 15.4. The Morgan fingerprint density at radius 2 is 1.83 bits per heavy atom. The molecule has 3 aliphatic rings. The number of morpholine rings is 1. The lowest BCUT2D eigenvalue weighted by Gasteiger charge is -2.51. The first-order valence-corrected chi connectivity index (χ1v) is 11.3. The van der Waals surface area contributed by atoms with Crippen molar-refractivity contribution in [3.05, 3.63) is 0 Å². The van der Waals surface area contributed by atoms with Gasteiger partial charge in [-0.05, 0) is 64.5 Å². The Hall–Kier alpha value is -0.0700. The maximum absolute atomic E-state index is 12.7. The Morgan fingerprint density at radius 1 is 1.17 bits per heavy atom. The fourth-order valence-electron chi connectivity index (χ4n) is 5.44. The largest absolute Gasteiger partial charge is 0.373 e. The Bertz CT molecular complexity index is 492. The van der Waals surface area contributed by atoms with Crippen LogP contribution in [0, 0.1) is 11.8 Å². The first-order valence-electron chi connectivity index (χ1n) is 11.3. The standard InChI is InChI=1S/C22H41N3O2.2ClH/c1-18(19-7-11-23-12-8-19)15-20(26)24-16-22(9-5-4-6-10-22)25-13-14-27-21(2,3)17-25;;/h18-19,23H,4-17H2,1-3H3,(H,24,26);2*1H. The van der Waals surface area contributed by atoms with Gasteiger partial charge in [0.2, 0.25) is 5.91 Å². The molecule has 0 aromatic heterocycles. The minimum Gasteiger partial charge on any atom is -0.373 e. The van der Waals surface area contributed by atoms with Crippen LogP contribution in [-0.4, -0.2) is 61.3 Å². The van der Waals surface area contributed by atoms with E-state index < -0.39 is 0 Å². The summed E-state index contributed by atoms with van der Waals surface area (Å²) in [6.07, 6.45) is 9.38. The zero-order valence-electron chi connectivity index (χ0n) is 18.6.